The van der Waals surface area contributed by atoms with Crippen LogP contribution in [0.3, 0.4) is 0 Å². The second-order valence-corrected chi connectivity index (χ2v) is 4.99. The number of benzene rings is 2. The summed E-state index contributed by atoms with van der Waals surface area (Å²) in [6, 6.07) is 15.1. The van der Waals surface area contributed by atoms with Gasteiger partial charge in [0.1, 0.15) is 11.5 Å². The Morgan fingerprint density at radius 3 is 2.55 bits per heavy atom. The minimum atomic E-state index is -0.115. The molecule has 1 aliphatic rings. The summed E-state index contributed by atoms with van der Waals surface area (Å²) in [7, 11) is 0. The van der Waals surface area contributed by atoms with Crippen molar-refractivity contribution in [3.63, 3.8) is 0 Å². The highest BCUT2D eigenvalue weighted by molar-refractivity contribution is 5.65. The van der Waals surface area contributed by atoms with Crippen LogP contribution in [0.2, 0.25) is 0 Å². The minimum Gasteiger partial charge on any atom is -0.508 e. The summed E-state index contributed by atoms with van der Waals surface area (Å²) in [6.45, 7) is 0.784. The maximum absolute atomic E-state index is 9.50. The molecule has 2 aromatic rings. The maximum atomic E-state index is 9.50. The van der Waals surface area contributed by atoms with Crippen molar-refractivity contribution in [2.24, 2.45) is 0 Å². The highest BCUT2D eigenvalue weighted by Crippen LogP contribution is 2.26. The van der Waals surface area contributed by atoms with Gasteiger partial charge in [0.05, 0.1) is 6.61 Å². The molecule has 2 aromatic carbocycles. The molecular weight excluding hydrogens is 252 g/mol. The topological polar surface area (TPSA) is 38.7 Å². The third kappa shape index (κ3) is 3.11. The number of aromatic hydroxyl groups is 1. The van der Waals surface area contributed by atoms with Gasteiger partial charge >= 0.3 is 0 Å². The van der Waals surface area contributed by atoms with Crippen molar-refractivity contribution < 1.29 is 14.6 Å². The highest BCUT2D eigenvalue weighted by atomic mass is 16.7. The third-order valence-corrected chi connectivity index (χ3v) is 3.44. The Hall–Kier alpha value is -2.00. The predicted octanol–water partition coefficient (Wildman–Crippen LogP) is 3.96. The largest absolute Gasteiger partial charge is 0.508 e. The zero-order valence-corrected chi connectivity index (χ0v) is 11.3. The lowest BCUT2D eigenvalue weighted by Gasteiger charge is -2.23. The molecule has 0 aromatic heterocycles. The van der Waals surface area contributed by atoms with E-state index in [0.29, 0.717) is 0 Å². The number of hydrogen-bond donors (Lipinski definition) is 1. The molecule has 0 saturated carbocycles. The first-order chi connectivity index (χ1) is 9.81. The molecule has 1 heterocycles. The number of ether oxygens (including phenoxy) is 2. The second-order valence-electron chi connectivity index (χ2n) is 4.99. The van der Waals surface area contributed by atoms with Crippen molar-refractivity contribution in [3.05, 3.63) is 48.5 Å². The SMILES string of the molecule is Oc1cccc(-c2ccc(OC3CCCCO3)cc2)c1. The molecular formula is C17H18O3. The number of rotatable bonds is 3. The summed E-state index contributed by atoms with van der Waals surface area (Å²) < 4.78 is 11.4. The van der Waals surface area contributed by atoms with E-state index in [0.717, 1.165) is 42.7 Å². The quantitative estimate of drug-likeness (QED) is 0.917. The Labute approximate surface area is 118 Å². The summed E-state index contributed by atoms with van der Waals surface area (Å²) in [5, 5.41) is 9.50. The molecule has 3 nitrogen and oxygen atoms in total. The molecule has 0 amide bonds. The molecule has 1 aliphatic heterocycles. The van der Waals surface area contributed by atoms with E-state index in [1.54, 1.807) is 12.1 Å². The standard InChI is InChI=1S/C17H18O3/c18-15-5-3-4-14(12-15)13-7-9-16(10-8-13)20-17-6-1-2-11-19-17/h3-5,7-10,12,17-18H,1-2,6,11H2. The van der Waals surface area contributed by atoms with Crippen molar-refractivity contribution in [1.29, 1.82) is 0 Å². The Balaban J connectivity index is 1.71. The summed E-state index contributed by atoms with van der Waals surface area (Å²) in [4.78, 5) is 0. The van der Waals surface area contributed by atoms with Gasteiger partial charge in [0, 0.05) is 6.42 Å². The van der Waals surface area contributed by atoms with Crippen molar-refractivity contribution in [3.8, 4) is 22.6 Å². The van der Waals surface area contributed by atoms with E-state index in [-0.39, 0.29) is 12.0 Å². The summed E-state index contributed by atoms with van der Waals surface area (Å²) >= 11 is 0. The fourth-order valence-corrected chi connectivity index (χ4v) is 2.37. The van der Waals surface area contributed by atoms with E-state index >= 15 is 0 Å². The lowest BCUT2D eigenvalue weighted by Crippen LogP contribution is -2.24. The predicted molar refractivity (Wildman–Crippen MR) is 77.8 cm³/mol. The molecule has 3 rings (SSSR count). The molecule has 1 N–H and O–H groups in total. The van der Waals surface area contributed by atoms with Crippen LogP contribution in [-0.2, 0) is 4.74 Å². The zero-order valence-electron chi connectivity index (χ0n) is 11.3. The minimum absolute atomic E-state index is 0.115. The van der Waals surface area contributed by atoms with Crippen LogP contribution < -0.4 is 4.74 Å². The van der Waals surface area contributed by atoms with Crippen LogP contribution in [0, 0.1) is 0 Å². The van der Waals surface area contributed by atoms with Crippen LogP contribution >= 0.6 is 0 Å². The van der Waals surface area contributed by atoms with Crippen molar-refractivity contribution in [1.82, 2.24) is 0 Å². The van der Waals surface area contributed by atoms with Crippen LogP contribution in [0.5, 0.6) is 11.5 Å². The van der Waals surface area contributed by atoms with Crippen molar-refractivity contribution >= 4 is 0 Å². The lowest BCUT2D eigenvalue weighted by molar-refractivity contribution is -0.105. The average molecular weight is 270 g/mol. The molecule has 1 atom stereocenters. The molecule has 1 fully saturated rings. The van der Waals surface area contributed by atoms with Gasteiger partial charge in [0.2, 0.25) is 0 Å². The smallest absolute Gasteiger partial charge is 0.199 e. The van der Waals surface area contributed by atoms with E-state index in [2.05, 4.69) is 0 Å². The Bertz CT molecular complexity index is 557. The van der Waals surface area contributed by atoms with E-state index in [1.165, 1.54) is 0 Å². The Kier molecular flexibility index (Phi) is 3.88. The van der Waals surface area contributed by atoms with Gasteiger partial charge in [-0.2, -0.15) is 0 Å². The fraction of sp³-hybridized carbons (Fsp3) is 0.294. The Morgan fingerprint density at radius 2 is 1.85 bits per heavy atom. The van der Waals surface area contributed by atoms with E-state index < -0.39 is 0 Å². The summed E-state index contributed by atoms with van der Waals surface area (Å²) in [5.41, 5.74) is 2.04. The number of phenols is 1. The van der Waals surface area contributed by atoms with Crippen LogP contribution in [-0.4, -0.2) is 18.0 Å². The maximum Gasteiger partial charge on any atom is 0.199 e. The van der Waals surface area contributed by atoms with Crippen LogP contribution in [0.25, 0.3) is 11.1 Å². The van der Waals surface area contributed by atoms with E-state index in [9.17, 15) is 5.11 Å². The highest BCUT2D eigenvalue weighted by Gasteiger charge is 2.14. The first-order valence-electron chi connectivity index (χ1n) is 6.99. The monoisotopic (exact) mass is 270 g/mol. The summed E-state index contributed by atoms with van der Waals surface area (Å²) in [5.74, 6) is 1.10. The zero-order chi connectivity index (χ0) is 13.8. The van der Waals surface area contributed by atoms with Crippen LogP contribution in [0.15, 0.2) is 48.5 Å². The van der Waals surface area contributed by atoms with E-state index in [1.807, 2.05) is 36.4 Å². The molecule has 1 saturated heterocycles. The summed E-state index contributed by atoms with van der Waals surface area (Å²) in [6.07, 6.45) is 3.12. The number of hydrogen-bond acceptors (Lipinski definition) is 3. The molecule has 0 spiro atoms. The molecule has 3 heteroatoms. The van der Waals surface area contributed by atoms with Gasteiger partial charge in [-0.05, 0) is 48.2 Å². The van der Waals surface area contributed by atoms with Crippen LogP contribution in [0.4, 0.5) is 0 Å². The van der Waals surface area contributed by atoms with Gasteiger partial charge in [0.15, 0.2) is 6.29 Å². The molecule has 104 valence electrons. The molecule has 20 heavy (non-hydrogen) atoms. The normalized spacial score (nSPS) is 18.7. The van der Waals surface area contributed by atoms with Gasteiger partial charge < -0.3 is 14.6 Å². The first kappa shape index (κ1) is 13.0. The molecule has 0 bridgehead atoms. The van der Waals surface area contributed by atoms with Crippen molar-refractivity contribution in [2.45, 2.75) is 25.6 Å². The third-order valence-electron chi connectivity index (χ3n) is 3.44. The van der Waals surface area contributed by atoms with Gasteiger partial charge in [-0.25, -0.2) is 0 Å². The van der Waals surface area contributed by atoms with Gasteiger partial charge in [-0.15, -0.1) is 0 Å². The van der Waals surface area contributed by atoms with E-state index in [4.69, 9.17) is 9.47 Å². The van der Waals surface area contributed by atoms with Crippen LogP contribution in [0.1, 0.15) is 19.3 Å². The lowest BCUT2D eigenvalue weighted by atomic mass is 10.1. The fourth-order valence-electron chi connectivity index (χ4n) is 2.37. The first-order valence-corrected chi connectivity index (χ1v) is 6.99. The van der Waals surface area contributed by atoms with Crippen molar-refractivity contribution in [2.75, 3.05) is 6.61 Å². The molecule has 0 aliphatic carbocycles. The average Bonchev–Trinajstić information content (AvgIpc) is 2.49. The Morgan fingerprint density at radius 1 is 1.00 bits per heavy atom. The molecule has 1 unspecified atom stereocenters. The van der Waals surface area contributed by atoms with Gasteiger partial charge in [-0.1, -0.05) is 24.3 Å². The van der Waals surface area contributed by atoms with Gasteiger partial charge in [0.25, 0.3) is 0 Å². The second kappa shape index (κ2) is 5.97. The number of phenolic OH excluding ortho intramolecular Hbond substituents is 1. The molecule has 0 radical (unpaired) electrons. The van der Waals surface area contributed by atoms with Gasteiger partial charge in [-0.3, -0.25) is 0 Å².